The van der Waals surface area contributed by atoms with Crippen molar-refractivity contribution in [3.05, 3.63) is 140 Å². The summed E-state index contributed by atoms with van der Waals surface area (Å²) < 4.78 is 6.55. The SMILES string of the molecule is N=C1C(c2nc3ccccc3s2)=C(O)CN1c1cccc(C(=O)OCC(=O)N2N=C3/C(=C\c4ccc(Cl)cc4)CCCC3C2c2ccc(Cl)cc2)c1. The van der Waals surface area contributed by atoms with Crippen LogP contribution in [0.2, 0.25) is 10.0 Å². The van der Waals surface area contributed by atoms with Gasteiger partial charge < -0.3 is 14.7 Å². The van der Waals surface area contributed by atoms with E-state index in [4.69, 9.17) is 38.4 Å². The minimum Gasteiger partial charge on any atom is -0.510 e. The van der Waals surface area contributed by atoms with E-state index in [1.807, 2.05) is 60.7 Å². The molecule has 2 aliphatic heterocycles. The molecule has 260 valence electrons. The number of halogens is 2. The number of aliphatic hydroxyl groups is 1. The third-order valence-electron chi connectivity index (χ3n) is 9.51. The number of esters is 1. The average Bonchev–Trinajstić information content (AvgIpc) is 3.85. The van der Waals surface area contributed by atoms with Crippen LogP contribution in [0.5, 0.6) is 0 Å². The van der Waals surface area contributed by atoms with Gasteiger partial charge in [0.1, 0.15) is 16.6 Å². The first-order chi connectivity index (χ1) is 25.2. The lowest BCUT2D eigenvalue weighted by atomic mass is 9.77. The normalized spacial score (nSPS) is 19.4. The highest BCUT2D eigenvalue weighted by Crippen LogP contribution is 2.45. The number of nitrogens with one attached hydrogen (secondary N) is 1. The number of thiazole rings is 1. The maximum absolute atomic E-state index is 13.9. The lowest BCUT2D eigenvalue weighted by Gasteiger charge is -2.29. The summed E-state index contributed by atoms with van der Waals surface area (Å²) in [5, 5.41) is 27.9. The highest BCUT2D eigenvalue weighted by molar-refractivity contribution is 7.19. The van der Waals surface area contributed by atoms with Gasteiger partial charge in [0.25, 0.3) is 5.91 Å². The minimum atomic E-state index is -0.694. The van der Waals surface area contributed by atoms with Crippen molar-refractivity contribution in [1.82, 2.24) is 9.99 Å². The van der Waals surface area contributed by atoms with Gasteiger partial charge >= 0.3 is 5.97 Å². The Labute approximate surface area is 313 Å². The molecule has 2 unspecified atom stereocenters. The van der Waals surface area contributed by atoms with E-state index in [1.54, 1.807) is 41.3 Å². The van der Waals surface area contributed by atoms with Crippen molar-refractivity contribution in [2.24, 2.45) is 11.0 Å². The van der Waals surface area contributed by atoms with E-state index in [1.165, 1.54) is 16.3 Å². The Balaban J connectivity index is 1.00. The molecule has 1 amide bonds. The first kappa shape index (κ1) is 33.8. The van der Waals surface area contributed by atoms with Crippen molar-refractivity contribution in [1.29, 1.82) is 5.41 Å². The summed E-state index contributed by atoms with van der Waals surface area (Å²) in [5.74, 6) is -1.09. The number of amides is 1. The Bertz CT molecular complexity index is 2300. The van der Waals surface area contributed by atoms with Crippen LogP contribution in [-0.2, 0) is 9.53 Å². The van der Waals surface area contributed by atoms with Crippen molar-refractivity contribution < 1.29 is 19.4 Å². The quantitative estimate of drug-likeness (QED) is 0.160. The van der Waals surface area contributed by atoms with E-state index in [-0.39, 0.29) is 35.7 Å². The number of aliphatic hydroxyl groups excluding tert-OH is 1. The second-order valence-electron chi connectivity index (χ2n) is 12.8. The lowest BCUT2D eigenvalue weighted by Crippen LogP contribution is -2.34. The molecule has 1 aliphatic carbocycles. The zero-order chi connectivity index (χ0) is 35.9. The van der Waals surface area contributed by atoms with Crippen molar-refractivity contribution in [3.8, 4) is 0 Å². The Kier molecular flexibility index (Phi) is 9.13. The molecule has 1 fully saturated rings. The second-order valence-corrected chi connectivity index (χ2v) is 14.7. The van der Waals surface area contributed by atoms with Crippen LogP contribution in [0, 0.1) is 11.3 Å². The van der Waals surface area contributed by atoms with Crippen LogP contribution in [0.15, 0.2) is 113 Å². The smallest absolute Gasteiger partial charge is 0.338 e. The van der Waals surface area contributed by atoms with Crippen LogP contribution in [0.25, 0.3) is 21.9 Å². The Morgan fingerprint density at radius 2 is 1.73 bits per heavy atom. The number of amidine groups is 1. The van der Waals surface area contributed by atoms with E-state index in [9.17, 15) is 14.7 Å². The van der Waals surface area contributed by atoms with Crippen LogP contribution in [-0.4, -0.2) is 51.7 Å². The van der Waals surface area contributed by atoms with Crippen LogP contribution in [0.3, 0.4) is 0 Å². The largest absolute Gasteiger partial charge is 0.510 e. The van der Waals surface area contributed by atoms with Gasteiger partial charge in [0.05, 0.1) is 39.7 Å². The molecule has 1 saturated carbocycles. The Morgan fingerprint density at radius 3 is 2.50 bits per heavy atom. The number of rotatable bonds is 7. The third-order valence-corrected chi connectivity index (χ3v) is 11.1. The standard InChI is InChI=1S/C40H31Cl2N5O4S/c41-27-15-11-23(12-16-27)19-25-5-4-8-30-36(25)45-47(37(30)24-13-17-28(42)18-14-24)34(49)22-51-40(50)26-6-3-7-29(20-26)46-21-32(48)35(38(46)43)39-44-31-9-1-2-10-33(31)52-39/h1-3,6-7,9-20,30,37,43,48H,4-5,8,21-22H2/b25-19-,43-38?. The van der Waals surface area contributed by atoms with Crippen LogP contribution < -0.4 is 4.90 Å². The average molecular weight is 749 g/mol. The molecule has 52 heavy (non-hydrogen) atoms. The topological polar surface area (TPSA) is 119 Å². The highest BCUT2D eigenvalue weighted by Gasteiger charge is 2.44. The van der Waals surface area contributed by atoms with Gasteiger partial charge in [-0.3, -0.25) is 10.2 Å². The van der Waals surface area contributed by atoms with Gasteiger partial charge in [-0.05, 0) is 96.6 Å². The fraction of sp³-hybridized carbons (Fsp3) is 0.175. The number of hydrazone groups is 1. The summed E-state index contributed by atoms with van der Waals surface area (Å²) in [6.45, 7) is -0.464. The molecule has 3 heterocycles. The van der Waals surface area contributed by atoms with E-state index in [0.29, 0.717) is 26.3 Å². The molecule has 2 atom stereocenters. The molecule has 12 heteroatoms. The molecule has 5 aromatic rings. The van der Waals surface area contributed by atoms with Gasteiger partial charge in [0.15, 0.2) is 6.61 Å². The summed E-state index contributed by atoms with van der Waals surface area (Å²) in [6, 6.07) is 28.9. The number of hydrogen-bond acceptors (Lipinski definition) is 8. The van der Waals surface area contributed by atoms with Crippen molar-refractivity contribution in [2.75, 3.05) is 18.1 Å². The lowest BCUT2D eigenvalue weighted by molar-refractivity contribution is -0.137. The monoisotopic (exact) mass is 747 g/mol. The third kappa shape index (κ3) is 6.49. The number of carbonyl (C=O) groups is 2. The number of hydrogen-bond donors (Lipinski definition) is 2. The number of nitrogens with zero attached hydrogens (tertiary/aromatic N) is 4. The molecule has 0 bridgehead atoms. The van der Waals surface area contributed by atoms with Gasteiger partial charge in [-0.15, -0.1) is 11.3 Å². The molecule has 9 nitrogen and oxygen atoms in total. The number of para-hydroxylation sites is 1. The summed E-state index contributed by atoms with van der Waals surface area (Å²) in [4.78, 5) is 33.5. The maximum Gasteiger partial charge on any atom is 0.338 e. The first-order valence-corrected chi connectivity index (χ1v) is 18.3. The van der Waals surface area contributed by atoms with Gasteiger partial charge in [-0.25, -0.2) is 14.8 Å². The number of aromatic nitrogens is 1. The van der Waals surface area contributed by atoms with Gasteiger partial charge in [-0.1, -0.05) is 65.7 Å². The Hall–Kier alpha value is -5.29. The number of anilines is 1. The number of allylic oxidation sites excluding steroid dienone is 1. The van der Waals surface area contributed by atoms with Crippen molar-refractivity contribution in [3.63, 3.8) is 0 Å². The molecule has 8 rings (SSSR count). The summed E-state index contributed by atoms with van der Waals surface area (Å²) in [5.41, 5.74) is 5.67. The van der Waals surface area contributed by atoms with Crippen LogP contribution in [0.4, 0.5) is 5.69 Å². The fourth-order valence-corrected chi connectivity index (χ4v) is 8.33. The van der Waals surface area contributed by atoms with Crippen LogP contribution in [0.1, 0.15) is 51.8 Å². The maximum atomic E-state index is 13.9. The minimum absolute atomic E-state index is 0.0249. The molecular weight excluding hydrogens is 717 g/mol. The highest BCUT2D eigenvalue weighted by atomic mass is 35.5. The number of fused-ring (bicyclic) bond motifs is 2. The molecule has 0 saturated heterocycles. The van der Waals surface area contributed by atoms with Crippen molar-refractivity contribution in [2.45, 2.75) is 25.3 Å². The van der Waals surface area contributed by atoms with Crippen molar-refractivity contribution >= 4 is 85.5 Å². The van der Waals surface area contributed by atoms with E-state index in [2.05, 4.69) is 11.1 Å². The molecule has 0 spiro atoms. The second kappa shape index (κ2) is 14.0. The number of carbonyl (C=O) groups excluding carboxylic acids is 2. The number of benzene rings is 4. The number of ether oxygens (including phenoxy) is 1. The Morgan fingerprint density at radius 1 is 0.981 bits per heavy atom. The molecule has 1 aromatic heterocycles. The zero-order valence-electron chi connectivity index (χ0n) is 27.6. The fourth-order valence-electron chi connectivity index (χ4n) is 7.04. The summed E-state index contributed by atoms with van der Waals surface area (Å²) in [7, 11) is 0. The van der Waals surface area contributed by atoms with Crippen LogP contribution >= 0.6 is 34.5 Å². The molecule has 4 aromatic carbocycles. The summed E-state index contributed by atoms with van der Waals surface area (Å²) in [6.07, 6.45) is 4.70. The van der Waals surface area contributed by atoms with Gasteiger partial charge in [0.2, 0.25) is 0 Å². The summed E-state index contributed by atoms with van der Waals surface area (Å²) >= 11 is 13.7. The van der Waals surface area contributed by atoms with E-state index < -0.39 is 18.5 Å². The van der Waals surface area contributed by atoms with Gasteiger partial charge in [0, 0.05) is 21.7 Å². The predicted octanol–water partition coefficient (Wildman–Crippen LogP) is 9.35. The zero-order valence-corrected chi connectivity index (χ0v) is 30.0. The molecule has 0 radical (unpaired) electrons. The molecule has 2 N–H and O–H groups in total. The van der Waals surface area contributed by atoms with E-state index >= 15 is 0 Å². The predicted molar refractivity (Wildman–Crippen MR) is 206 cm³/mol. The van der Waals surface area contributed by atoms with E-state index in [0.717, 1.165) is 51.9 Å². The molecule has 3 aliphatic rings. The molecular formula is C40H31Cl2N5O4S. The van der Waals surface area contributed by atoms with Gasteiger partial charge in [-0.2, -0.15) is 5.10 Å². The first-order valence-electron chi connectivity index (χ1n) is 16.8.